The minimum absolute atomic E-state index is 0.721. The second-order valence-electron chi connectivity index (χ2n) is 2.45. The number of nitrogens with one attached hydrogen (secondary N) is 1. The molecule has 4 heteroatoms. The second kappa shape index (κ2) is 4.66. The Morgan fingerprint density at radius 1 is 1.75 bits per heavy atom. The van der Waals surface area contributed by atoms with Crippen LogP contribution in [0.4, 0.5) is 0 Å². The van der Waals surface area contributed by atoms with E-state index in [9.17, 15) is 0 Å². The Balaban J connectivity index is 2.46. The summed E-state index contributed by atoms with van der Waals surface area (Å²) < 4.78 is 1.76. The molecule has 1 aromatic rings. The van der Waals surface area contributed by atoms with Crippen LogP contribution < -0.4 is 5.32 Å². The van der Waals surface area contributed by atoms with Crippen molar-refractivity contribution in [1.82, 2.24) is 20.1 Å². The molecule has 0 aliphatic heterocycles. The lowest BCUT2D eigenvalue weighted by atomic mass is 10.6. The maximum Gasteiger partial charge on any atom is 0.164 e. The average Bonchev–Trinajstić information content (AvgIpc) is 2.50. The summed E-state index contributed by atoms with van der Waals surface area (Å²) in [6, 6.07) is 0. The van der Waals surface area contributed by atoms with E-state index < -0.39 is 0 Å². The molecule has 0 amide bonds. The van der Waals surface area contributed by atoms with Crippen molar-refractivity contribution in [3.05, 3.63) is 24.8 Å². The van der Waals surface area contributed by atoms with Crippen molar-refractivity contribution in [2.75, 3.05) is 6.54 Å². The van der Waals surface area contributed by atoms with Crippen LogP contribution in [0.25, 0.3) is 0 Å². The van der Waals surface area contributed by atoms with Gasteiger partial charge in [-0.15, -0.1) is 6.58 Å². The molecule has 0 radical (unpaired) electrons. The fourth-order valence-corrected chi connectivity index (χ4v) is 0.871. The van der Waals surface area contributed by atoms with Gasteiger partial charge in [-0.3, -0.25) is 0 Å². The van der Waals surface area contributed by atoms with E-state index in [1.807, 2.05) is 0 Å². The summed E-state index contributed by atoms with van der Waals surface area (Å²) in [6.45, 7) is 8.08. The molecule has 0 saturated carbocycles. The van der Waals surface area contributed by atoms with Gasteiger partial charge < -0.3 is 5.32 Å². The minimum atomic E-state index is 0.721. The van der Waals surface area contributed by atoms with Crippen LogP contribution in [-0.2, 0) is 13.1 Å². The quantitative estimate of drug-likeness (QED) is 0.650. The normalized spacial score (nSPS) is 10.1. The lowest BCUT2D eigenvalue weighted by Crippen LogP contribution is -2.13. The molecule has 12 heavy (non-hydrogen) atoms. The number of nitrogens with zero attached hydrogens (tertiary/aromatic N) is 3. The van der Waals surface area contributed by atoms with Crippen molar-refractivity contribution in [3.8, 4) is 0 Å². The predicted molar refractivity (Wildman–Crippen MR) is 47.6 cm³/mol. The van der Waals surface area contributed by atoms with E-state index in [1.54, 1.807) is 17.1 Å². The number of hydrogen-bond acceptors (Lipinski definition) is 3. The molecule has 0 spiro atoms. The Kier molecular flexibility index (Phi) is 3.47. The fourth-order valence-electron chi connectivity index (χ4n) is 0.871. The van der Waals surface area contributed by atoms with Gasteiger partial charge in [0.05, 0.1) is 13.1 Å². The highest BCUT2D eigenvalue weighted by Gasteiger charge is 1.96. The standard InChI is InChI=1S/C8H14N4/c1-3-5-12-7-10-8(11-12)6-9-4-2/h3,7,9H,1,4-6H2,2H3. The van der Waals surface area contributed by atoms with E-state index in [-0.39, 0.29) is 0 Å². The molecule has 0 saturated heterocycles. The van der Waals surface area contributed by atoms with Crippen LogP contribution in [0, 0.1) is 0 Å². The highest BCUT2D eigenvalue weighted by atomic mass is 15.3. The summed E-state index contributed by atoms with van der Waals surface area (Å²) in [6.07, 6.45) is 3.51. The maximum atomic E-state index is 4.21. The SMILES string of the molecule is C=CCn1cnc(CNCC)n1. The van der Waals surface area contributed by atoms with Crippen LogP contribution in [0.2, 0.25) is 0 Å². The molecule has 4 nitrogen and oxygen atoms in total. The van der Waals surface area contributed by atoms with E-state index in [2.05, 4.69) is 28.9 Å². The van der Waals surface area contributed by atoms with Crippen molar-refractivity contribution in [3.63, 3.8) is 0 Å². The molecule has 66 valence electrons. The second-order valence-corrected chi connectivity index (χ2v) is 2.45. The van der Waals surface area contributed by atoms with Crippen LogP contribution in [0.15, 0.2) is 19.0 Å². The largest absolute Gasteiger partial charge is 0.310 e. The third kappa shape index (κ3) is 2.47. The Bertz CT molecular complexity index is 241. The maximum absolute atomic E-state index is 4.21. The van der Waals surface area contributed by atoms with Crippen molar-refractivity contribution in [2.45, 2.75) is 20.0 Å². The Morgan fingerprint density at radius 3 is 3.25 bits per heavy atom. The van der Waals surface area contributed by atoms with Gasteiger partial charge in [-0.05, 0) is 6.54 Å². The van der Waals surface area contributed by atoms with Crippen LogP contribution in [0.1, 0.15) is 12.7 Å². The van der Waals surface area contributed by atoms with Gasteiger partial charge in [-0.25, -0.2) is 9.67 Å². The molecule has 1 N–H and O–H groups in total. The van der Waals surface area contributed by atoms with Gasteiger partial charge in [0.2, 0.25) is 0 Å². The van der Waals surface area contributed by atoms with E-state index in [1.165, 1.54) is 0 Å². The Hall–Kier alpha value is -1.16. The minimum Gasteiger partial charge on any atom is -0.310 e. The number of rotatable bonds is 5. The van der Waals surface area contributed by atoms with Crippen molar-refractivity contribution >= 4 is 0 Å². The van der Waals surface area contributed by atoms with Crippen molar-refractivity contribution < 1.29 is 0 Å². The zero-order chi connectivity index (χ0) is 8.81. The summed E-state index contributed by atoms with van der Waals surface area (Å²) in [5, 5.41) is 7.37. The summed E-state index contributed by atoms with van der Waals surface area (Å²) in [5.41, 5.74) is 0. The molecule has 0 aliphatic carbocycles. The molecule has 0 fully saturated rings. The molecular formula is C8H14N4. The zero-order valence-corrected chi connectivity index (χ0v) is 7.32. The van der Waals surface area contributed by atoms with E-state index in [4.69, 9.17) is 0 Å². The fraction of sp³-hybridized carbons (Fsp3) is 0.500. The van der Waals surface area contributed by atoms with Gasteiger partial charge in [0.25, 0.3) is 0 Å². The van der Waals surface area contributed by atoms with Gasteiger partial charge in [0, 0.05) is 0 Å². The monoisotopic (exact) mass is 166 g/mol. The third-order valence-electron chi connectivity index (χ3n) is 1.43. The summed E-state index contributed by atoms with van der Waals surface area (Å²) in [5.74, 6) is 0.832. The summed E-state index contributed by atoms with van der Waals surface area (Å²) in [7, 11) is 0. The van der Waals surface area contributed by atoms with Crippen LogP contribution in [0.5, 0.6) is 0 Å². The van der Waals surface area contributed by atoms with Crippen LogP contribution >= 0.6 is 0 Å². The van der Waals surface area contributed by atoms with Crippen molar-refractivity contribution in [2.24, 2.45) is 0 Å². The van der Waals surface area contributed by atoms with Gasteiger partial charge >= 0.3 is 0 Å². The van der Waals surface area contributed by atoms with Gasteiger partial charge in [0.15, 0.2) is 5.82 Å². The first-order valence-corrected chi connectivity index (χ1v) is 4.06. The zero-order valence-electron chi connectivity index (χ0n) is 7.32. The smallest absolute Gasteiger partial charge is 0.164 e. The molecule has 0 unspecified atom stereocenters. The molecule has 1 aromatic heterocycles. The van der Waals surface area contributed by atoms with E-state index in [0.29, 0.717) is 0 Å². The van der Waals surface area contributed by atoms with Crippen LogP contribution in [-0.4, -0.2) is 21.3 Å². The predicted octanol–water partition coefficient (Wildman–Crippen LogP) is 0.574. The first kappa shape index (κ1) is 8.93. The Labute approximate surface area is 72.3 Å². The lowest BCUT2D eigenvalue weighted by molar-refractivity contribution is 0.650. The summed E-state index contributed by atoms with van der Waals surface area (Å²) in [4.78, 5) is 4.11. The topological polar surface area (TPSA) is 42.7 Å². The van der Waals surface area contributed by atoms with E-state index in [0.717, 1.165) is 25.5 Å². The first-order valence-electron chi connectivity index (χ1n) is 4.06. The summed E-state index contributed by atoms with van der Waals surface area (Å²) >= 11 is 0. The highest BCUT2D eigenvalue weighted by Crippen LogP contribution is 1.89. The van der Waals surface area contributed by atoms with Crippen molar-refractivity contribution in [1.29, 1.82) is 0 Å². The van der Waals surface area contributed by atoms with Crippen LogP contribution in [0.3, 0.4) is 0 Å². The molecule has 0 aromatic carbocycles. The molecule has 1 rings (SSSR count). The van der Waals surface area contributed by atoms with Gasteiger partial charge in [-0.2, -0.15) is 5.10 Å². The molecule has 0 atom stereocenters. The lowest BCUT2D eigenvalue weighted by Gasteiger charge is -1.94. The first-order chi connectivity index (χ1) is 5.86. The third-order valence-corrected chi connectivity index (χ3v) is 1.43. The average molecular weight is 166 g/mol. The van der Waals surface area contributed by atoms with E-state index >= 15 is 0 Å². The Morgan fingerprint density at radius 2 is 2.58 bits per heavy atom. The number of allylic oxidation sites excluding steroid dienone is 1. The highest BCUT2D eigenvalue weighted by molar-refractivity contribution is 4.82. The molecule has 0 aliphatic rings. The van der Waals surface area contributed by atoms with Gasteiger partial charge in [0.1, 0.15) is 6.33 Å². The van der Waals surface area contributed by atoms with Gasteiger partial charge in [-0.1, -0.05) is 13.0 Å². The number of aromatic nitrogens is 3. The molecular weight excluding hydrogens is 152 g/mol. The number of hydrogen-bond donors (Lipinski definition) is 1. The molecule has 0 bridgehead atoms. The molecule has 1 heterocycles.